The summed E-state index contributed by atoms with van der Waals surface area (Å²) in [5.74, 6) is 1.26. The highest BCUT2D eigenvalue weighted by Gasteiger charge is 2.54. The molecule has 1 N–H and O–H groups in total. The molecule has 4 aliphatic heterocycles. The van der Waals surface area contributed by atoms with Crippen molar-refractivity contribution in [1.82, 2.24) is 0 Å². The van der Waals surface area contributed by atoms with Gasteiger partial charge in [0.2, 0.25) is 0 Å². The third kappa shape index (κ3) is 7.45. The zero-order valence-corrected chi connectivity index (χ0v) is 35.7. The monoisotopic (exact) mass is 772 g/mol. The SMILES string of the molecule is CC(C)(C)[Si](OC[C@@H]1[C@H](CO)[C@H]2C=C[C@@H]1O2)(c1ccccc1)c1ccccc1.C[C@H]1[C@@H](CO[Si](c2ccccc2)(c2ccccc2)C(C)(C)C)[C@@H]2C=C[C@H]1O2. The molecule has 0 saturated carbocycles. The lowest BCUT2D eigenvalue weighted by Crippen LogP contribution is -2.67. The van der Waals surface area contributed by atoms with Crippen LogP contribution in [0.1, 0.15) is 48.5 Å². The minimum absolute atomic E-state index is 0.0211. The summed E-state index contributed by atoms with van der Waals surface area (Å²) in [5, 5.41) is 15.2. The lowest BCUT2D eigenvalue weighted by molar-refractivity contribution is 0.0916. The van der Waals surface area contributed by atoms with E-state index in [9.17, 15) is 5.11 Å². The van der Waals surface area contributed by atoms with Gasteiger partial charge in [0, 0.05) is 37.6 Å². The molecule has 2 saturated heterocycles. The normalized spacial score (nSPS) is 27.0. The minimum atomic E-state index is -2.55. The first-order valence-electron chi connectivity index (χ1n) is 20.2. The molecule has 2 fully saturated rings. The zero-order valence-electron chi connectivity index (χ0n) is 33.7. The topological polar surface area (TPSA) is 57.2 Å². The van der Waals surface area contributed by atoms with Gasteiger partial charge in [-0.15, -0.1) is 0 Å². The number of hydrogen-bond donors (Lipinski definition) is 1. The molecule has 55 heavy (non-hydrogen) atoms. The van der Waals surface area contributed by atoms with Crippen molar-refractivity contribution in [2.75, 3.05) is 19.8 Å². The standard InChI is InChI=1S/C24H30O3Si.C24H30O2Si/c1-24(2,3)28(18-10-6-4-7-11-18,19-12-8-5-9-13-19)26-17-21-20(16-25)22-14-15-23(21)27-22;1-18-21(23-16-15-22(18)26-23)17-25-27(24(2,3)4,19-11-7-5-8-12-19)20-13-9-6-10-14-20/h4-15,20-23,25H,16-17H2,1-3H3;5-16,18,21-23H,17H2,1-4H3/t20-,21+,22+,23-;18-,21+,22+,23-/m00/s1. The highest BCUT2D eigenvalue weighted by molar-refractivity contribution is 7.00. The maximum atomic E-state index is 9.92. The lowest BCUT2D eigenvalue weighted by atomic mass is 9.84. The van der Waals surface area contributed by atoms with Crippen LogP contribution in [0.25, 0.3) is 0 Å². The molecule has 0 radical (unpaired) electrons. The molecule has 0 spiro atoms. The van der Waals surface area contributed by atoms with E-state index in [-0.39, 0.29) is 52.9 Å². The van der Waals surface area contributed by atoms with E-state index < -0.39 is 16.6 Å². The molecule has 7 heteroatoms. The molecular formula is C48H60O5Si2. The summed E-state index contributed by atoms with van der Waals surface area (Å²) in [6.45, 7) is 17.7. The Bertz CT molecular complexity index is 1810. The van der Waals surface area contributed by atoms with Gasteiger partial charge in [0.05, 0.1) is 24.4 Å². The van der Waals surface area contributed by atoms with Gasteiger partial charge in [-0.2, -0.15) is 0 Å². The number of aliphatic hydroxyl groups excluding tert-OH is 1. The maximum absolute atomic E-state index is 9.92. The summed E-state index contributed by atoms with van der Waals surface area (Å²) in [6.07, 6.45) is 9.23. The van der Waals surface area contributed by atoms with Gasteiger partial charge in [0.1, 0.15) is 0 Å². The fourth-order valence-corrected chi connectivity index (χ4v) is 18.9. The Morgan fingerprint density at radius 3 is 1.11 bits per heavy atom. The zero-order chi connectivity index (χ0) is 38.8. The number of aliphatic hydroxyl groups is 1. The summed E-state index contributed by atoms with van der Waals surface area (Å²) in [5.41, 5.74) is 0. The Labute approximate surface area is 331 Å². The average Bonchev–Trinajstić information content (AvgIpc) is 4.00. The Kier molecular flexibility index (Phi) is 11.7. The van der Waals surface area contributed by atoms with Crippen molar-refractivity contribution >= 4 is 37.4 Å². The molecule has 4 bridgehead atoms. The second kappa shape index (κ2) is 16.2. The molecule has 4 heterocycles. The van der Waals surface area contributed by atoms with Crippen molar-refractivity contribution in [3.63, 3.8) is 0 Å². The molecular weight excluding hydrogens is 713 g/mol. The quantitative estimate of drug-likeness (QED) is 0.128. The van der Waals surface area contributed by atoms with Crippen LogP contribution in [0.15, 0.2) is 146 Å². The molecule has 0 amide bonds. The van der Waals surface area contributed by atoms with E-state index in [1.807, 2.05) is 0 Å². The number of hydrogen-bond acceptors (Lipinski definition) is 5. The van der Waals surface area contributed by atoms with Gasteiger partial charge in [-0.05, 0) is 36.7 Å². The molecule has 8 rings (SSSR count). The molecule has 0 aromatic heterocycles. The predicted octanol–water partition coefficient (Wildman–Crippen LogP) is 7.28. The van der Waals surface area contributed by atoms with E-state index in [1.54, 1.807) is 0 Å². The number of rotatable bonds is 11. The highest BCUT2D eigenvalue weighted by atomic mass is 28.4. The smallest absolute Gasteiger partial charge is 0.261 e. The van der Waals surface area contributed by atoms with Crippen LogP contribution in [0.3, 0.4) is 0 Å². The van der Waals surface area contributed by atoms with Gasteiger partial charge in [0.25, 0.3) is 16.6 Å². The fraction of sp³-hybridized carbons (Fsp3) is 0.417. The Morgan fingerprint density at radius 2 is 0.782 bits per heavy atom. The van der Waals surface area contributed by atoms with E-state index in [2.05, 4.69) is 194 Å². The molecule has 0 aliphatic carbocycles. The second-order valence-corrected chi connectivity index (χ2v) is 26.5. The van der Waals surface area contributed by atoms with E-state index in [1.165, 1.54) is 20.7 Å². The Hall–Kier alpha value is -3.41. The maximum Gasteiger partial charge on any atom is 0.261 e. The summed E-state index contributed by atoms with van der Waals surface area (Å²) < 4.78 is 26.2. The van der Waals surface area contributed by atoms with Gasteiger partial charge < -0.3 is 23.4 Å². The van der Waals surface area contributed by atoms with Gasteiger partial charge in [-0.25, -0.2) is 0 Å². The Morgan fingerprint density at radius 1 is 0.473 bits per heavy atom. The summed E-state index contributed by atoms with van der Waals surface area (Å²) in [4.78, 5) is 0. The molecule has 290 valence electrons. The van der Waals surface area contributed by atoms with Crippen LogP contribution in [0.2, 0.25) is 10.1 Å². The van der Waals surface area contributed by atoms with Crippen molar-refractivity contribution in [1.29, 1.82) is 0 Å². The van der Waals surface area contributed by atoms with Crippen LogP contribution in [0.4, 0.5) is 0 Å². The molecule has 5 nitrogen and oxygen atoms in total. The number of benzene rings is 4. The first kappa shape index (κ1) is 39.8. The third-order valence-corrected chi connectivity index (χ3v) is 22.7. The first-order chi connectivity index (χ1) is 26.4. The van der Waals surface area contributed by atoms with E-state index in [4.69, 9.17) is 18.3 Å². The summed E-state index contributed by atoms with van der Waals surface area (Å²) in [6, 6.07) is 43.2. The van der Waals surface area contributed by atoms with E-state index in [0.717, 1.165) is 6.61 Å². The van der Waals surface area contributed by atoms with Crippen LogP contribution in [-0.2, 0) is 18.3 Å². The van der Waals surface area contributed by atoms with E-state index in [0.29, 0.717) is 18.4 Å². The van der Waals surface area contributed by atoms with Gasteiger partial charge in [-0.3, -0.25) is 0 Å². The van der Waals surface area contributed by atoms with Crippen molar-refractivity contribution in [2.24, 2.45) is 23.7 Å². The van der Waals surface area contributed by atoms with Crippen molar-refractivity contribution in [3.05, 3.63) is 146 Å². The first-order valence-corrected chi connectivity index (χ1v) is 24.0. The lowest BCUT2D eigenvalue weighted by Gasteiger charge is -2.44. The second-order valence-electron chi connectivity index (χ2n) is 17.9. The van der Waals surface area contributed by atoms with E-state index >= 15 is 0 Å². The van der Waals surface area contributed by atoms with Gasteiger partial charge in [0.15, 0.2) is 0 Å². The fourth-order valence-electron chi connectivity index (χ4n) is 9.71. The van der Waals surface area contributed by atoms with Gasteiger partial charge in [-0.1, -0.05) is 194 Å². The molecule has 4 aliphatic rings. The van der Waals surface area contributed by atoms with Gasteiger partial charge >= 0.3 is 0 Å². The highest BCUT2D eigenvalue weighted by Crippen LogP contribution is 2.43. The third-order valence-electron chi connectivity index (χ3n) is 12.6. The molecule has 0 unspecified atom stereocenters. The van der Waals surface area contributed by atoms with Crippen LogP contribution in [-0.4, -0.2) is 66.0 Å². The van der Waals surface area contributed by atoms with Crippen LogP contribution in [0.5, 0.6) is 0 Å². The minimum Gasteiger partial charge on any atom is -0.407 e. The predicted molar refractivity (Wildman–Crippen MR) is 229 cm³/mol. The van der Waals surface area contributed by atoms with Crippen LogP contribution >= 0.6 is 0 Å². The molecule has 8 atom stereocenters. The summed E-state index contributed by atoms with van der Waals surface area (Å²) in [7, 11) is -5.00. The summed E-state index contributed by atoms with van der Waals surface area (Å²) >= 11 is 0. The molecule has 4 aromatic carbocycles. The number of fused-ring (bicyclic) bond motifs is 4. The molecule has 4 aromatic rings. The van der Waals surface area contributed by atoms with Crippen molar-refractivity contribution in [3.8, 4) is 0 Å². The average molecular weight is 773 g/mol. The van der Waals surface area contributed by atoms with Crippen LogP contribution in [0, 0.1) is 23.7 Å². The largest absolute Gasteiger partial charge is 0.407 e. The van der Waals surface area contributed by atoms with Crippen LogP contribution < -0.4 is 20.7 Å². The van der Waals surface area contributed by atoms with Crippen molar-refractivity contribution in [2.45, 2.75) is 83.0 Å². The Balaban J connectivity index is 0.000000169. The van der Waals surface area contributed by atoms with Crippen molar-refractivity contribution < 1.29 is 23.4 Å². The number of ether oxygens (including phenoxy) is 2.